The summed E-state index contributed by atoms with van der Waals surface area (Å²) in [4.78, 5) is 20.6. The van der Waals surface area contributed by atoms with E-state index in [4.69, 9.17) is 4.98 Å². The Hall–Kier alpha value is -3.37. The van der Waals surface area contributed by atoms with Gasteiger partial charge in [-0.25, -0.2) is 18.1 Å². The van der Waals surface area contributed by atoms with Crippen LogP contribution in [-0.2, 0) is 16.6 Å². The van der Waals surface area contributed by atoms with E-state index in [1.165, 1.54) is 4.31 Å². The summed E-state index contributed by atoms with van der Waals surface area (Å²) in [7, 11) is -3.53. The van der Waals surface area contributed by atoms with E-state index in [0.717, 1.165) is 16.7 Å². The molecule has 2 aromatic carbocycles. The average Bonchev–Trinajstić information content (AvgIpc) is 3.25. The van der Waals surface area contributed by atoms with Crippen LogP contribution < -0.4 is 5.56 Å². The maximum absolute atomic E-state index is 12.9. The van der Waals surface area contributed by atoms with Crippen LogP contribution in [0.1, 0.15) is 41.3 Å². The van der Waals surface area contributed by atoms with Crippen molar-refractivity contribution in [1.82, 2.24) is 29.3 Å². The maximum atomic E-state index is 12.9. The highest BCUT2D eigenvalue weighted by Gasteiger charge is 2.31. The fraction of sp³-hybridized carbons (Fsp3) is 0.333. The molecule has 1 aliphatic rings. The summed E-state index contributed by atoms with van der Waals surface area (Å²) < 4.78 is 29.0. The van der Waals surface area contributed by atoms with Gasteiger partial charge in [0.15, 0.2) is 11.2 Å². The molecule has 0 atom stereocenters. The minimum atomic E-state index is -3.53. The second-order valence-electron chi connectivity index (χ2n) is 8.79. The Morgan fingerprint density at radius 2 is 1.79 bits per heavy atom. The molecule has 9 nitrogen and oxygen atoms in total. The zero-order valence-corrected chi connectivity index (χ0v) is 19.9. The Morgan fingerprint density at radius 1 is 1.06 bits per heavy atom. The number of piperidine rings is 1. The van der Waals surface area contributed by atoms with Crippen LogP contribution >= 0.6 is 0 Å². The van der Waals surface area contributed by atoms with Crippen molar-refractivity contribution in [2.75, 3.05) is 13.1 Å². The van der Waals surface area contributed by atoms with Gasteiger partial charge in [0.25, 0.3) is 5.56 Å². The first kappa shape index (κ1) is 22.4. The van der Waals surface area contributed by atoms with E-state index in [1.807, 2.05) is 13.8 Å². The van der Waals surface area contributed by atoms with E-state index >= 15 is 0 Å². The largest absolute Gasteiger partial charge is 0.308 e. The first-order valence-corrected chi connectivity index (χ1v) is 12.7. The topological polar surface area (TPSA) is 114 Å². The predicted octanol–water partition coefficient (Wildman–Crippen LogP) is 2.75. The van der Waals surface area contributed by atoms with Crippen molar-refractivity contribution in [2.24, 2.45) is 0 Å². The zero-order chi connectivity index (χ0) is 23.9. The van der Waals surface area contributed by atoms with Gasteiger partial charge in [0.2, 0.25) is 10.0 Å². The van der Waals surface area contributed by atoms with Crippen LogP contribution in [0, 0.1) is 13.8 Å². The summed E-state index contributed by atoms with van der Waals surface area (Å²) in [6, 6.07) is 14.7. The molecule has 176 valence electrons. The number of benzene rings is 2. The molecule has 10 heteroatoms. The second-order valence-corrected chi connectivity index (χ2v) is 10.7. The zero-order valence-electron chi connectivity index (χ0n) is 19.1. The fourth-order valence-corrected chi connectivity index (χ4v) is 5.92. The van der Waals surface area contributed by atoms with Gasteiger partial charge in [-0.15, -0.1) is 5.10 Å². The monoisotopic (exact) mass is 478 g/mol. The van der Waals surface area contributed by atoms with Gasteiger partial charge < -0.3 is 4.98 Å². The Bertz CT molecular complexity index is 1500. The molecule has 1 N–H and O–H groups in total. The predicted molar refractivity (Wildman–Crippen MR) is 128 cm³/mol. The lowest BCUT2D eigenvalue weighted by molar-refractivity contribution is 0.313. The van der Waals surface area contributed by atoms with E-state index < -0.39 is 10.0 Å². The highest BCUT2D eigenvalue weighted by atomic mass is 32.2. The Balaban J connectivity index is 1.39. The van der Waals surface area contributed by atoms with Crippen LogP contribution in [0.2, 0.25) is 0 Å². The smallest absolute Gasteiger partial charge is 0.281 e. The lowest BCUT2D eigenvalue weighted by atomic mass is 9.97. The molecule has 0 unspecified atom stereocenters. The minimum Gasteiger partial charge on any atom is -0.308 e. The molecule has 1 aliphatic heterocycles. The molecule has 4 aromatic rings. The number of aryl methyl sites for hydroxylation is 2. The summed E-state index contributed by atoms with van der Waals surface area (Å²) in [6.45, 7) is 5.27. The molecular weight excluding hydrogens is 452 g/mol. The van der Waals surface area contributed by atoms with E-state index in [-0.39, 0.29) is 17.0 Å². The maximum Gasteiger partial charge on any atom is 0.281 e. The summed E-state index contributed by atoms with van der Waals surface area (Å²) >= 11 is 0. The number of rotatable bonds is 5. The number of hydrogen-bond donors (Lipinski definition) is 1. The molecule has 1 saturated heterocycles. The van der Waals surface area contributed by atoms with E-state index in [0.29, 0.717) is 48.8 Å². The Kier molecular flexibility index (Phi) is 5.78. The third kappa shape index (κ3) is 4.14. The van der Waals surface area contributed by atoms with Crippen LogP contribution in [0.4, 0.5) is 0 Å². The summed E-state index contributed by atoms with van der Waals surface area (Å²) in [5.74, 6) is 0.502. The number of fused-ring (bicyclic) bond motifs is 1. The van der Waals surface area contributed by atoms with Crippen LogP contribution in [0.15, 0.2) is 58.2 Å². The van der Waals surface area contributed by atoms with Gasteiger partial charge in [-0.3, -0.25) is 4.79 Å². The Labute approximate surface area is 197 Å². The van der Waals surface area contributed by atoms with E-state index in [9.17, 15) is 13.2 Å². The molecule has 0 aliphatic carbocycles. The number of aromatic amines is 1. The molecule has 0 spiro atoms. The molecule has 0 amide bonds. The molecule has 1 fully saturated rings. The number of hydrogen-bond acceptors (Lipinski definition) is 6. The fourth-order valence-electron chi connectivity index (χ4n) is 4.43. The van der Waals surface area contributed by atoms with Gasteiger partial charge in [0, 0.05) is 19.0 Å². The van der Waals surface area contributed by atoms with Crippen LogP contribution in [0.25, 0.3) is 11.2 Å². The van der Waals surface area contributed by atoms with Crippen LogP contribution in [0.5, 0.6) is 0 Å². The van der Waals surface area contributed by atoms with Gasteiger partial charge in [0.1, 0.15) is 5.82 Å². The van der Waals surface area contributed by atoms with Crippen molar-refractivity contribution in [2.45, 2.75) is 44.0 Å². The van der Waals surface area contributed by atoms with Crippen molar-refractivity contribution >= 4 is 21.2 Å². The highest BCUT2D eigenvalue weighted by Crippen LogP contribution is 2.29. The molecular formula is C24H26N6O3S. The molecule has 0 saturated carbocycles. The van der Waals surface area contributed by atoms with Crippen LogP contribution in [0.3, 0.4) is 0 Å². The van der Waals surface area contributed by atoms with Crippen molar-refractivity contribution in [1.29, 1.82) is 0 Å². The van der Waals surface area contributed by atoms with Gasteiger partial charge in [-0.05, 0) is 49.9 Å². The first-order chi connectivity index (χ1) is 16.3. The second kappa shape index (κ2) is 8.77. The van der Waals surface area contributed by atoms with Gasteiger partial charge in [0.05, 0.1) is 11.4 Å². The Morgan fingerprint density at radius 3 is 2.53 bits per heavy atom. The number of nitrogens with one attached hydrogen (secondary N) is 1. The lowest BCUT2D eigenvalue weighted by Crippen LogP contribution is -2.38. The van der Waals surface area contributed by atoms with E-state index in [1.54, 1.807) is 35.0 Å². The van der Waals surface area contributed by atoms with Crippen molar-refractivity contribution < 1.29 is 8.42 Å². The molecule has 2 aromatic heterocycles. The van der Waals surface area contributed by atoms with Crippen molar-refractivity contribution in [3.63, 3.8) is 0 Å². The third-order valence-electron chi connectivity index (χ3n) is 6.44. The quantitative estimate of drug-likeness (QED) is 0.472. The molecule has 3 heterocycles. The summed E-state index contributed by atoms with van der Waals surface area (Å²) in [6.07, 6.45) is 1.14. The number of sulfonamides is 1. The molecule has 34 heavy (non-hydrogen) atoms. The van der Waals surface area contributed by atoms with E-state index in [2.05, 4.69) is 33.5 Å². The number of H-pyrrole nitrogens is 1. The lowest BCUT2D eigenvalue weighted by Gasteiger charge is -2.30. The normalized spacial score (nSPS) is 15.7. The standard InChI is InChI=1S/C24H26N6O3S/c1-16-8-9-17(2)19(14-16)15-30-23-21(27-28-30)24(31)26-22(25-23)18-10-12-29(13-11-18)34(32,33)20-6-4-3-5-7-20/h3-9,14,18H,10-13,15H2,1-2H3,(H,25,26,31). The number of nitrogens with zero attached hydrogens (tertiary/aromatic N) is 5. The SMILES string of the molecule is Cc1ccc(C)c(Cn2nnc3c(=O)[nH]c(C4CCN(S(=O)(=O)c5ccccc5)CC4)nc32)c1. The highest BCUT2D eigenvalue weighted by molar-refractivity contribution is 7.89. The van der Waals surface area contributed by atoms with Crippen LogP contribution in [-0.4, -0.2) is 50.8 Å². The first-order valence-electron chi connectivity index (χ1n) is 11.3. The van der Waals surface area contributed by atoms with Crippen molar-refractivity contribution in [3.05, 3.63) is 81.4 Å². The van der Waals surface area contributed by atoms with Gasteiger partial charge >= 0.3 is 0 Å². The summed E-state index contributed by atoms with van der Waals surface area (Å²) in [5, 5.41) is 8.23. The van der Waals surface area contributed by atoms with Crippen molar-refractivity contribution in [3.8, 4) is 0 Å². The van der Waals surface area contributed by atoms with Gasteiger partial charge in [-0.1, -0.05) is 47.2 Å². The molecule has 0 bridgehead atoms. The van der Waals surface area contributed by atoms with Gasteiger partial charge in [-0.2, -0.15) is 4.31 Å². The molecule has 0 radical (unpaired) electrons. The molecule has 5 rings (SSSR count). The third-order valence-corrected chi connectivity index (χ3v) is 8.35. The average molecular weight is 479 g/mol. The minimum absolute atomic E-state index is 0.0524. The number of aromatic nitrogens is 5. The summed E-state index contributed by atoms with van der Waals surface area (Å²) in [5.41, 5.74) is 3.69.